The fourth-order valence-corrected chi connectivity index (χ4v) is 1.18. The Morgan fingerprint density at radius 3 is 1.92 bits per heavy atom. The smallest absolute Gasteiger partial charge is 0.200 e. The van der Waals surface area contributed by atoms with E-state index in [1.54, 1.807) is 0 Å². The number of carbonyl (C=O) groups is 1. The molecular formula is C8H18N2OSi. The van der Waals surface area contributed by atoms with Crippen LogP contribution in [0.25, 0.3) is 0 Å². The van der Waals surface area contributed by atoms with Crippen LogP contribution in [0.15, 0.2) is 5.10 Å². The van der Waals surface area contributed by atoms with E-state index < -0.39 is 0 Å². The Balaban J connectivity index is 4.29. The number of hydrogen-bond donors (Lipinski definition) is 1. The molecule has 0 aromatic rings. The molecule has 4 heteroatoms. The molecule has 0 rings (SSSR count). The Kier molecular flexibility index (Phi) is 4.81. The SMILES string of the molecule is CC(C)C(=NNC(=O)[SiH3])C(C)C. The highest BCUT2D eigenvalue weighted by Gasteiger charge is 2.09. The van der Waals surface area contributed by atoms with Gasteiger partial charge in [-0.05, 0) is 11.8 Å². The van der Waals surface area contributed by atoms with Gasteiger partial charge in [-0.2, -0.15) is 5.10 Å². The summed E-state index contributed by atoms with van der Waals surface area (Å²) in [6, 6.07) is 0. The van der Waals surface area contributed by atoms with Crippen molar-refractivity contribution in [1.82, 2.24) is 5.43 Å². The predicted molar refractivity (Wildman–Crippen MR) is 55.6 cm³/mol. The van der Waals surface area contributed by atoms with E-state index in [2.05, 4.69) is 38.2 Å². The first kappa shape index (κ1) is 11.4. The predicted octanol–water partition coefficient (Wildman–Crippen LogP) is 0.729. The Morgan fingerprint density at radius 1 is 1.25 bits per heavy atom. The molecule has 0 atom stereocenters. The summed E-state index contributed by atoms with van der Waals surface area (Å²) < 4.78 is 0. The molecule has 70 valence electrons. The summed E-state index contributed by atoms with van der Waals surface area (Å²) in [5, 5.41) is 4.07. The average molecular weight is 186 g/mol. The highest BCUT2D eigenvalue weighted by atomic mass is 28.1. The number of rotatable bonds is 3. The van der Waals surface area contributed by atoms with Gasteiger partial charge >= 0.3 is 0 Å². The van der Waals surface area contributed by atoms with Crippen molar-refractivity contribution >= 4 is 21.5 Å². The lowest BCUT2D eigenvalue weighted by Crippen LogP contribution is -2.23. The molecule has 1 amide bonds. The van der Waals surface area contributed by atoms with Crippen LogP contribution in [0.4, 0.5) is 4.79 Å². The van der Waals surface area contributed by atoms with Crippen LogP contribution in [-0.2, 0) is 0 Å². The maximum Gasteiger partial charge on any atom is 0.200 e. The van der Waals surface area contributed by atoms with Crippen molar-refractivity contribution in [2.75, 3.05) is 0 Å². The van der Waals surface area contributed by atoms with Crippen LogP contribution < -0.4 is 5.43 Å². The molecule has 1 N–H and O–H groups in total. The summed E-state index contributed by atoms with van der Waals surface area (Å²) in [7, 11) is 0.509. The molecule has 0 radical (unpaired) electrons. The lowest BCUT2D eigenvalue weighted by Gasteiger charge is -2.13. The molecule has 0 spiro atoms. The minimum absolute atomic E-state index is 0.0220. The first-order valence-electron chi connectivity index (χ1n) is 4.29. The summed E-state index contributed by atoms with van der Waals surface area (Å²) in [5.41, 5.74) is 3.60. The zero-order valence-electron chi connectivity index (χ0n) is 8.51. The van der Waals surface area contributed by atoms with Gasteiger partial charge in [-0.25, -0.2) is 0 Å². The van der Waals surface area contributed by atoms with Crippen molar-refractivity contribution < 1.29 is 4.79 Å². The highest BCUT2D eigenvalue weighted by molar-refractivity contribution is 6.57. The third kappa shape index (κ3) is 4.28. The second-order valence-corrected chi connectivity index (χ2v) is 4.42. The lowest BCUT2D eigenvalue weighted by atomic mass is 9.98. The van der Waals surface area contributed by atoms with E-state index in [1.807, 2.05) is 0 Å². The molecule has 0 aromatic heterocycles. The second kappa shape index (κ2) is 5.08. The molecule has 0 aromatic carbocycles. The molecule has 12 heavy (non-hydrogen) atoms. The number of hydrazone groups is 1. The van der Waals surface area contributed by atoms with E-state index in [-0.39, 0.29) is 5.53 Å². The maximum atomic E-state index is 10.6. The minimum Gasteiger partial charge on any atom is -0.281 e. The second-order valence-electron chi connectivity index (χ2n) is 3.51. The number of nitrogens with one attached hydrogen (secondary N) is 1. The normalized spacial score (nSPS) is 10.5. The lowest BCUT2D eigenvalue weighted by molar-refractivity contribution is 0.260. The fraction of sp³-hybridized carbons (Fsp3) is 0.750. The van der Waals surface area contributed by atoms with Crippen LogP contribution in [0.2, 0.25) is 0 Å². The number of hydrogen-bond acceptors (Lipinski definition) is 2. The van der Waals surface area contributed by atoms with Gasteiger partial charge < -0.3 is 0 Å². The number of nitrogens with zero attached hydrogens (tertiary/aromatic N) is 1. The summed E-state index contributed by atoms with van der Waals surface area (Å²) in [5.74, 6) is 0.803. The Bertz CT molecular complexity index is 177. The summed E-state index contributed by atoms with van der Waals surface area (Å²) in [6.45, 7) is 8.33. The monoisotopic (exact) mass is 186 g/mol. The third-order valence-electron chi connectivity index (χ3n) is 1.53. The van der Waals surface area contributed by atoms with Gasteiger partial charge in [-0.15, -0.1) is 0 Å². The Labute approximate surface area is 77.0 Å². The fourth-order valence-electron chi connectivity index (χ4n) is 1.07. The third-order valence-corrected chi connectivity index (χ3v) is 1.75. The molecule has 0 fully saturated rings. The topological polar surface area (TPSA) is 41.5 Å². The van der Waals surface area contributed by atoms with Gasteiger partial charge in [0.2, 0.25) is 5.53 Å². The Morgan fingerprint density at radius 2 is 1.67 bits per heavy atom. The average Bonchev–Trinajstić information content (AvgIpc) is 1.84. The van der Waals surface area contributed by atoms with Gasteiger partial charge in [-0.3, -0.25) is 10.2 Å². The van der Waals surface area contributed by atoms with Gasteiger partial charge in [0, 0.05) is 5.71 Å². The van der Waals surface area contributed by atoms with Crippen molar-refractivity contribution in [2.45, 2.75) is 27.7 Å². The number of carbonyl (C=O) groups excluding carboxylic acids is 1. The summed E-state index contributed by atoms with van der Waals surface area (Å²) in [6.07, 6.45) is 0. The minimum atomic E-state index is 0.0220. The molecule has 3 nitrogen and oxygen atoms in total. The number of amides is 1. The highest BCUT2D eigenvalue weighted by Crippen LogP contribution is 2.06. The first-order valence-corrected chi connectivity index (χ1v) is 5.29. The van der Waals surface area contributed by atoms with Crippen LogP contribution in [0.3, 0.4) is 0 Å². The summed E-state index contributed by atoms with van der Waals surface area (Å²) in [4.78, 5) is 10.6. The van der Waals surface area contributed by atoms with Gasteiger partial charge in [-0.1, -0.05) is 27.7 Å². The first-order chi connectivity index (χ1) is 5.45. The largest absolute Gasteiger partial charge is 0.281 e. The molecule has 0 saturated carbocycles. The van der Waals surface area contributed by atoms with E-state index >= 15 is 0 Å². The summed E-state index contributed by atoms with van der Waals surface area (Å²) >= 11 is 0. The van der Waals surface area contributed by atoms with Crippen molar-refractivity contribution in [3.8, 4) is 0 Å². The molecule has 0 aliphatic carbocycles. The van der Waals surface area contributed by atoms with Crippen LogP contribution in [0.5, 0.6) is 0 Å². The van der Waals surface area contributed by atoms with E-state index in [0.717, 1.165) is 5.71 Å². The molecule has 0 aliphatic rings. The standard InChI is InChI=1S/C8H18N2OSi/c1-5(2)7(6(3)4)9-10-8(11)12/h5-6H,1-4,12H3,(H,10,11). The van der Waals surface area contributed by atoms with Gasteiger partial charge in [0.05, 0.1) is 0 Å². The maximum absolute atomic E-state index is 10.6. The molecule has 0 aliphatic heterocycles. The van der Waals surface area contributed by atoms with Gasteiger partial charge in [0.25, 0.3) is 0 Å². The Hall–Kier alpha value is -0.643. The van der Waals surface area contributed by atoms with E-state index in [1.165, 1.54) is 0 Å². The quantitative estimate of drug-likeness (QED) is 0.394. The zero-order valence-corrected chi connectivity index (χ0v) is 10.5. The van der Waals surface area contributed by atoms with Crippen molar-refractivity contribution in [3.05, 3.63) is 0 Å². The van der Waals surface area contributed by atoms with Crippen LogP contribution in [-0.4, -0.2) is 21.5 Å². The molecule has 0 unspecified atom stereocenters. The van der Waals surface area contributed by atoms with Crippen LogP contribution in [0, 0.1) is 11.8 Å². The zero-order chi connectivity index (χ0) is 9.72. The van der Waals surface area contributed by atoms with Crippen LogP contribution in [0.1, 0.15) is 27.7 Å². The van der Waals surface area contributed by atoms with E-state index in [0.29, 0.717) is 22.1 Å². The van der Waals surface area contributed by atoms with Crippen LogP contribution >= 0.6 is 0 Å². The van der Waals surface area contributed by atoms with Gasteiger partial charge in [0.15, 0.2) is 0 Å². The van der Waals surface area contributed by atoms with Crippen molar-refractivity contribution in [2.24, 2.45) is 16.9 Å². The molecule has 0 bridgehead atoms. The van der Waals surface area contributed by atoms with E-state index in [9.17, 15) is 4.79 Å². The molecule has 0 heterocycles. The van der Waals surface area contributed by atoms with Gasteiger partial charge in [0.1, 0.15) is 10.2 Å². The van der Waals surface area contributed by atoms with Crippen molar-refractivity contribution in [1.29, 1.82) is 0 Å². The van der Waals surface area contributed by atoms with E-state index in [4.69, 9.17) is 0 Å². The molecular weight excluding hydrogens is 168 g/mol. The van der Waals surface area contributed by atoms with Crippen molar-refractivity contribution in [3.63, 3.8) is 0 Å². The molecule has 0 saturated heterocycles.